The van der Waals surface area contributed by atoms with Crippen LogP contribution in [0.25, 0.3) is 0 Å². The van der Waals surface area contributed by atoms with Crippen molar-refractivity contribution in [2.45, 2.75) is 18.9 Å². The summed E-state index contributed by atoms with van der Waals surface area (Å²) in [6.45, 7) is 0. The number of halogens is 1. The molecular formula is C11H16BClN2O2S. The lowest BCUT2D eigenvalue weighted by atomic mass is 9.93. The molecule has 1 saturated carbocycles. The number of aromatic nitrogens is 1. The second-order valence-electron chi connectivity index (χ2n) is 4.92. The van der Waals surface area contributed by atoms with Gasteiger partial charge in [-0.3, -0.25) is 4.98 Å². The highest BCUT2D eigenvalue weighted by atomic mass is 35.5. The summed E-state index contributed by atoms with van der Waals surface area (Å²) >= 11 is 6.29. The molecule has 1 aliphatic carbocycles. The van der Waals surface area contributed by atoms with E-state index in [-0.39, 0.29) is 6.04 Å². The molecule has 1 fully saturated rings. The van der Waals surface area contributed by atoms with Crippen molar-refractivity contribution in [2.24, 2.45) is 5.92 Å². The quantitative estimate of drug-likeness (QED) is 0.750. The van der Waals surface area contributed by atoms with Gasteiger partial charge in [0, 0.05) is 30.0 Å². The molecule has 0 bridgehead atoms. The molecule has 0 N–H and O–H groups in total. The molecule has 1 aliphatic rings. The zero-order valence-electron chi connectivity index (χ0n) is 10.7. The van der Waals surface area contributed by atoms with Gasteiger partial charge in [0.25, 0.3) is 0 Å². The lowest BCUT2D eigenvalue weighted by Gasteiger charge is -2.27. The van der Waals surface area contributed by atoms with Crippen molar-refractivity contribution in [3.8, 4) is 0 Å². The van der Waals surface area contributed by atoms with Crippen LogP contribution in [0.1, 0.15) is 24.4 Å². The molecule has 1 heterocycles. The van der Waals surface area contributed by atoms with Gasteiger partial charge in [0.15, 0.2) is 0 Å². The van der Waals surface area contributed by atoms with Gasteiger partial charge in [-0.2, -0.15) is 4.31 Å². The van der Waals surface area contributed by atoms with Crippen LogP contribution in [0.4, 0.5) is 0 Å². The largest absolute Gasteiger partial charge is 0.265 e. The van der Waals surface area contributed by atoms with Crippen LogP contribution >= 0.6 is 11.6 Å². The summed E-state index contributed by atoms with van der Waals surface area (Å²) in [6.07, 6.45) is 6.67. The first-order valence-electron chi connectivity index (χ1n) is 5.85. The van der Waals surface area contributed by atoms with E-state index >= 15 is 0 Å². The second-order valence-corrected chi connectivity index (χ2v) is 7.34. The first-order valence-corrected chi connectivity index (χ1v) is 8.08. The fourth-order valence-electron chi connectivity index (χ4n) is 2.14. The second kappa shape index (κ2) is 4.83. The molecular weight excluding hydrogens is 270 g/mol. The molecule has 0 aliphatic heterocycles. The molecule has 1 atom stereocenters. The van der Waals surface area contributed by atoms with E-state index in [1.807, 2.05) is 7.85 Å². The Labute approximate surface area is 114 Å². The van der Waals surface area contributed by atoms with Crippen LogP contribution in [0.15, 0.2) is 12.4 Å². The smallest absolute Gasteiger partial charge is 0.211 e. The van der Waals surface area contributed by atoms with Gasteiger partial charge in [0.1, 0.15) is 7.85 Å². The number of sulfonamides is 1. The monoisotopic (exact) mass is 286 g/mol. The molecule has 1 unspecified atom stereocenters. The SMILES string of the molecule is Bc1cncc(C(C2CC2)N(C)S(C)(=O)=O)c1Cl. The van der Waals surface area contributed by atoms with E-state index in [1.54, 1.807) is 19.4 Å². The van der Waals surface area contributed by atoms with Crippen LogP contribution in [0.5, 0.6) is 0 Å². The van der Waals surface area contributed by atoms with E-state index in [9.17, 15) is 8.42 Å². The topological polar surface area (TPSA) is 50.3 Å². The Morgan fingerprint density at radius 2 is 2.11 bits per heavy atom. The molecule has 0 spiro atoms. The van der Waals surface area contributed by atoms with Gasteiger partial charge in [-0.1, -0.05) is 17.1 Å². The maximum atomic E-state index is 11.7. The molecule has 1 aromatic rings. The van der Waals surface area contributed by atoms with Crippen LogP contribution in [0, 0.1) is 5.92 Å². The highest BCUT2D eigenvalue weighted by Crippen LogP contribution is 2.46. The van der Waals surface area contributed by atoms with Gasteiger partial charge in [-0.25, -0.2) is 8.42 Å². The van der Waals surface area contributed by atoms with Crippen molar-refractivity contribution in [3.05, 3.63) is 23.0 Å². The Morgan fingerprint density at radius 1 is 1.50 bits per heavy atom. The predicted molar refractivity (Wildman–Crippen MR) is 75.5 cm³/mol. The van der Waals surface area contributed by atoms with Gasteiger partial charge >= 0.3 is 0 Å². The number of hydrogen-bond acceptors (Lipinski definition) is 3. The lowest BCUT2D eigenvalue weighted by molar-refractivity contribution is 0.344. The molecule has 0 aromatic carbocycles. The molecule has 0 saturated heterocycles. The summed E-state index contributed by atoms with van der Waals surface area (Å²) in [5.41, 5.74) is 1.69. The van der Waals surface area contributed by atoms with E-state index in [2.05, 4.69) is 4.98 Å². The molecule has 7 heteroatoms. The Balaban J connectivity index is 2.45. The van der Waals surface area contributed by atoms with Crippen molar-refractivity contribution in [3.63, 3.8) is 0 Å². The summed E-state index contributed by atoms with van der Waals surface area (Å²) in [5, 5.41) is 0.623. The first kappa shape index (κ1) is 13.8. The van der Waals surface area contributed by atoms with Crippen LogP contribution < -0.4 is 5.46 Å². The third-order valence-corrected chi connectivity index (χ3v) is 5.17. The summed E-state index contributed by atoms with van der Waals surface area (Å²) in [5.74, 6) is 0.353. The standard InChI is InChI=1S/C11H16BClN2O2S/c1-15(18(2,16)17)11(7-3-4-7)8-5-14-6-9(12)10(8)13/h5-7,11H,3-4,12H2,1-2H3. The van der Waals surface area contributed by atoms with Gasteiger partial charge in [0.2, 0.25) is 10.0 Å². The van der Waals surface area contributed by atoms with Crippen LogP contribution in [-0.4, -0.2) is 38.9 Å². The van der Waals surface area contributed by atoms with Crippen molar-refractivity contribution in [1.29, 1.82) is 0 Å². The first-order chi connectivity index (χ1) is 8.32. The van der Waals surface area contributed by atoms with Gasteiger partial charge < -0.3 is 0 Å². The fourth-order valence-corrected chi connectivity index (χ4v) is 3.05. The van der Waals surface area contributed by atoms with Gasteiger partial charge in [-0.15, -0.1) is 0 Å². The zero-order valence-corrected chi connectivity index (χ0v) is 12.3. The number of pyridine rings is 1. The highest BCUT2D eigenvalue weighted by molar-refractivity contribution is 7.88. The molecule has 18 heavy (non-hydrogen) atoms. The van der Waals surface area contributed by atoms with E-state index in [0.29, 0.717) is 10.9 Å². The molecule has 4 nitrogen and oxygen atoms in total. The fraction of sp³-hybridized carbons (Fsp3) is 0.545. The van der Waals surface area contributed by atoms with Gasteiger partial charge in [-0.05, 0) is 18.8 Å². The lowest BCUT2D eigenvalue weighted by Crippen LogP contribution is -2.32. The van der Waals surface area contributed by atoms with E-state index in [1.165, 1.54) is 10.6 Å². The Kier molecular flexibility index (Phi) is 3.71. The number of rotatable bonds is 4. The van der Waals surface area contributed by atoms with Crippen LogP contribution in [0.3, 0.4) is 0 Å². The Bertz CT molecular complexity index is 560. The van der Waals surface area contributed by atoms with E-state index in [0.717, 1.165) is 23.9 Å². The minimum Gasteiger partial charge on any atom is -0.265 e. The summed E-state index contributed by atoms with van der Waals surface area (Å²) < 4.78 is 24.9. The third-order valence-electron chi connectivity index (χ3n) is 3.38. The number of nitrogens with zero attached hydrogens (tertiary/aromatic N) is 2. The molecule has 2 rings (SSSR count). The minimum absolute atomic E-state index is 0.195. The predicted octanol–water partition coefficient (Wildman–Crippen LogP) is 0.336. The molecule has 98 valence electrons. The molecule has 0 radical (unpaired) electrons. The highest BCUT2D eigenvalue weighted by Gasteiger charge is 2.39. The minimum atomic E-state index is -3.24. The average Bonchev–Trinajstić information content (AvgIpc) is 3.07. The van der Waals surface area contributed by atoms with Crippen LogP contribution in [-0.2, 0) is 10.0 Å². The zero-order chi connectivity index (χ0) is 13.5. The third kappa shape index (κ3) is 2.70. The summed E-state index contributed by atoms with van der Waals surface area (Å²) in [4.78, 5) is 4.13. The van der Waals surface area contributed by atoms with Crippen molar-refractivity contribution < 1.29 is 8.42 Å². The van der Waals surface area contributed by atoms with Crippen molar-refractivity contribution >= 4 is 34.9 Å². The van der Waals surface area contributed by atoms with Gasteiger partial charge in [0.05, 0.1) is 12.3 Å². The normalized spacial score (nSPS) is 18.0. The summed E-state index contributed by atoms with van der Waals surface area (Å²) in [6, 6.07) is -0.195. The Morgan fingerprint density at radius 3 is 2.61 bits per heavy atom. The maximum absolute atomic E-state index is 11.7. The van der Waals surface area contributed by atoms with Crippen LogP contribution in [0.2, 0.25) is 5.02 Å². The Hall–Kier alpha value is -0.585. The van der Waals surface area contributed by atoms with Crippen molar-refractivity contribution in [2.75, 3.05) is 13.3 Å². The summed E-state index contributed by atoms with van der Waals surface area (Å²) in [7, 11) is 0.248. The molecule has 0 amide bonds. The maximum Gasteiger partial charge on any atom is 0.211 e. The van der Waals surface area contributed by atoms with Crippen molar-refractivity contribution in [1.82, 2.24) is 9.29 Å². The van der Waals surface area contributed by atoms with E-state index in [4.69, 9.17) is 11.6 Å². The molecule has 1 aromatic heterocycles. The average molecular weight is 287 g/mol. The van der Waals surface area contributed by atoms with E-state index < -0.39 is 10.0 Å². The number of hydrogen-bond donors (Lipinski definition) is 0.